The molecule has 0 saturated carbocycles. The summed E-state index contributed by atoms with van der Waals surface area (Å²) in [6.07, 6.45) is 0.641. The van der Waals surface area contributed by atoms with Gasteiger partial charge in [-0.1, -0.05) is 29.4 Å². The smallest absolute Gasteiger partial charge is 0.170 e. The Hall–Kier alpha value is -1.63. The summed E-state index contributed by atoms with van der Waals surface area (Å²) < 4.78 is 5.18. The Balaban J connectivity index is 1.96. The molecule has 1 atom stereocenters. The molecule has 1 saturated heterocycles. The van der Waals surface area contributed by atoms with Gasteiger partial charge >= 0.3 is 0 Å². The van der Waals surface area contributed by atoms with Gasteiger partial charge in [-0.2, -0.15) is 0 Å². The zero-order valence-corrected chi connectivity index (χ0v) is 10.7. The van der Waals surface area contributed by atoms with Crippen molar-refractivity contribution in [1.82, 2.24) is 5.32 Å². The predicted molar refractivity (Wildman–Crippen MR) is 71.0 cm³/mol. The van der Waals surface area contributed by atoms with Crippen molar-refractivity contribution in [2.24, 2.45) is 10.9 Å². The molecule has 0 aromatic heterocycles. The van der Waals surface area contributed by atoms with Crippen molar-refractivity contribution >= 4 is 5.84 Å². The van der Waals surface area contributed by atoms with Gasteiger partial charge in [0.15, 0.2) is 5.84 Å². The van der Waals surface area contributed by atoms with Crippen LogP contribution in [0.15, 0.2) is 29.4 Å². The molecule has 1 fully saturated rings. The molecule has 1 aromatic carbocycles. The Labute approximate surface area is 111 Å². The first-order valence-corrected chi connectivity index (χ1v) is 6.21. The van der Waals surface area contributed by atoms with Crippen molar-refractivity contribution in [3.05, 3.63) is 35.4 Å². The number of nitrogens with zero attached hydrogens (tertiary/aromatic N) is 1. The highest BCUT2D eigenvalue weighted by molar-refractivity contribution is 5.98. The quantitative estimate of drug-likeness (QED) is 0.260. The molecule has 5 N–H and O–H groups in total. The van der Waals surface area contributed by atoms with E-state index in [4.69, 9.17) is 15.7 Å². The maximum Gasteiger partial charge on any atom is 0.170 e. The Morgan fingerprint density at radius 1 is 1.47 bits per heavy atom. The van der Waals surface area contributed by atoms with Crippen LogP contribution in [-0.2, 0) is 11.3 Å². The summed E-state index contributed by atoms with van der Waals surface area (Å²) in [5.41, 5.74) is 6.44. The van der Waals surface area contributed by atoms with E-state index in [9.17, 15) is 5.11 Å². The van der Waals surface area contributed by atoms with Crippen LogP contribution >= 0.6 is 0 Å². The molecular weight excluding hydrogens is 246 g/mol. The Morgan fingerprint density at radius 2 is 2.26 bits per heavy atom. The molecule has 6 heteroatoms. The van der Waals surface area contributed by atoms with Crippen LogP contribution in [0.1, 0.15) is 17.5 Å². The molecule has 2 rings (SSSR count). The van der Waals surface area contributed by atoms with Crippen LogP contribution in [0.4, 0.5) is 0 Å². The molecule has 19 heavy (non-hydrogen) atoms. The Morgan fingerprint density at radius 3 is 2.95 bits per heavy atom. The van der Waals surface area contributed by atoms with E-state index in [2.05, 4.69) is 10.5 Å². The molecule has 1 aliphatic rings. The Bertz CT molecular complexity index is 456. The van der Waals surface area contributed by atoms with Gasteiger partial charge in [0.1, 0.15) is 5.60 Å². The molecule has 1 aliphatic heterocycles. The first kappa shape index (κ1) is 13.8. The van der Waals surface area contributed by atoms with Crippen molar-refractivity contribution in [1.29, 1.82) is 0 Å². The van der Waals surface area contributed by atoms with Crippen LogP contribution in [0.3, 0.4) is 0 Å². The van der Waals surface area contributed by atoms with Crippen LogP contribution in [0.5, 0.6) is 0 Å². The highest BCUT2D eigenvalue weighted by atomic mass is 16.5. The molecule has 1 unspecified atom stereocenters. The van der Waals surface area contributed by atoms with E-state index in [1.54, 1.807) is 6.07 Å². The monoisotopic (exact) mass is 265 g/mol. The second-order valence-corrected chi connectivity index (χ2v) is 4.77. The van der Waals surface area contributed by atoms with Gasteiger partial charge in [0, 0.05) is 31.7 Å². The maximum absolute atomic E-state index is 10.1. The number of nitrogens with two attached hydrogens (primary N) is 1. The van der Waals surface area contributed by atoms with E-state index in [1.165, 1.54) is 0 Å². The summed E-state index contributed by atoms with van der Waals surface area (Å²) >= 11 is 0. The van der Waals surface area contributed by atoms with E-state index in [-0.39, 0.29) is 5.84 Å². The van der Waals surface area contributed by atoms with Crippen LogP contribution < -0.4 is 11.1 Å². The number of hydrogen-bond donors (Lipinski definition) is 4. The molecule has 0 aliphatic carbocycles. The summed E-state index contributed by atoms with van der Waals surface area (Å²) in [5, 5.41) is 25.1. The number of amidine groups is 1. The number of benzene rings is 1. The van der Waals surface area contributed by atoms with Crippen molar-refractivity contribution in [3.8, 4) is 0 Å². The van der Waals surface area contributed by atoms with Gasteiger partial charge in [-0.25, -0.2) is 0 Å². The third-order valence-corrected chi connectivity index (χ3v) is 3.25. The van der Waals surface area contributed by atoms with Crippen molar-refractivity contribution in [2.45, 2.75) is 18.6 Å². The van der Waals surface area contributed by atoms with Gasteiger partial charge in [-0.05, 0) is 5.56 Å². The lowest BCUT2D eigenvalue weighted by atomic mass is 10.0. The SMILES string of the molecule is N/C(=N/O)c1ccccc1CNCC1(O)CCOC1. The van der Waals surface area contributed by atoms with Crippen LogP contribution in [0, 0.1) is 0 Å². The third kappa shape index (κ3) is 3.44. The number of nitrogens with one attached hydrogen (secondary N) is 1. The number of oxime groups is 1. The molecule has 1 aromatic rings. The molecule has 0 amide bonds. The van der Waals surface area contributed by atoms with Crippen LogP contribution in [0.25, 0.3) is 0 Å². The third-order valence-electron chi connectivity index (χ3n) is 3.25. The van der Waals surface area contributed by atoms with Crippen LogP contribution in [0.2, 0.25) is 0 Å². The fraction of sp³-hybridized carbons (Fsp3) is 0.462. The average molecular weight is 265 g/mol. The van der Waals surface area contributed by atoms with Gasteiger partial charge in [0.25, 0.3) is 0 Å². The minimum atomic E-state index is -0.786. The molecule has 0 spiro atoms. The van der Waals surface area contributed by atoms with Crippen LogP contribution in [-0.4, -0.2) is 41.5 Å². The first-order chi connectivity index (χ1) is 9.14. The predicted octanol–water partition coefficient (Wildman–Crippen LogP) is 0.0221. The molecule has 0 radical (unpaired) electrons. The average Bonchev–Trinajstić information content (AvgIpc) is 2.85. The highest BCUT2D eigenvalue weighted by Gasteiger charge is 2.31. The van der Waals surface area contributed by atoms with Crippen molar-refractivity contribution in [3.63, 3.8) is 0 Å². The van der Waals surface area contributed by atoms with Gasteiger partial charge in [0.2, 0.25) is 0 Å². The molecular formula is C13H19N3O3. The standard InChI is InChI=1S/C13H19N3O3/c14-12(16-18)11-4-2-1-3-10(11)7-15-8-13(17)5-6-19-9-13/h1-4,15,17-18H,5-9H2,(H2,14,16). The largest absolute Gasteiger partial charge is 0.409 e. The zero-order valence-electron chi connectivity index (χ0n) is 10.7. The van der Waals surface area contributed by atoms with Crippen molar-refractivity contribution in [2.75, 3.05) is 19.8 Å². The zero-order chi connectivity index (χ0) is 13.7. The van der Waals surface area contributed by atoms with E-state index in [0.29, 0.717) is 38.3 Å². The summed E-state index contributed by atoms with van der Waals surface area (Å²) in [6.45, 7) is 1.95. The van der Waals surface area contributed by atoms with Gasteiger partial charge in [-0.3, -0.25) is 0 Å². The number of aliphatic hydroxyl groups is 1. The summed E-state index contributed by atoms with van der Waals surface area (Å²) in [4.78, 5) is 0. The minimum Gasteiger partial charge on any atom is -0.409 e. The van der Waals surface area contributed by atoms with E-state index < -0.39 is 5.60 Å². The molecule has 0 bridgehead atoms. The summed E-state index contributed by atoms with van der Waals surface area (Å²) in [5.74, 6) is 0.0836. The lowest BCUT2D eigenvalue weighted by Crippen LogP contribution is -2.41. The first-order valence-electron chi connectivity index (χ1n) is 6.21. The van der Waals surface area contributed by atoms with E-state index >= 15 is 0 Å². The van der Waals surface area contributed by atoms with E-state index in [0.717, 1.165) is 5.56 Å². The second-order valence-electron chi connectivity index (χ2n) is 4.77. The molecule has 6 nitrogen and oxygen atoms in total. The second kappa shape index (κ2) is 6.01. The maximum atomic E-state index is 10.1. The Kier molecular flexibility index (Phi) is 4.36. The number of rotatable bonds is 5. The summed E-state index contributed by atoms with van der Waals surface area (Å²) in [7, 11) is 0. The summed E-state index contributed by atoms with van der Waals surface area (Å²) in [6, 6.07) is 7.41. The lowest BCUT2D eigenvalue weighted by molar-refractivity contribution is 0.0268. The van der Waals surface area contributed by atoms with Gasteiger partial charge in [-0.15, -0.1) is 0 Å². The topological polar surface area (TPSA) is 100 Å². The highest BCUT2D eigenvalue weighted by Crippen LogP contribution is 2.17. The number of ether oxygens (including phenoxy) is 1. The fourth-order valence-corrected chi connectivity index (χ4v) is 2.14. The van der Waals surface area contributed by atoms with E-state index in [1.807, 2.05) is 18.2 Å². The number of hydrogen-bond acceptors (Lipinski definition) is 5. The van der Waals surface area contributed by atoms with Gasteiger partial charge < -0.3 is 26.1 Å². The lowest BCUT2D eigenvalue weighted by Gasteiger charge is -2.21. The molecule has 1 heterocycles. The minimum absolute atomic E-state index is 0.0836. The molecule has 104 valence electrons. The van der Waals surface area contributed by atoms with Crippen molar-refractivity contribution < 1.29 is 15.1 Å². The van der Waals surface area contributed by atoms with Gasteiger partial charge in [0.05, 0.1) is 6.61 Å². The normalized spacial score (nSPS) is 23.7. The fourth-order valence-electron chi connectivity index (χ4n) is 2.14.